The standard InChI is InChI=1S/C45H49ClF4N10O4/c1-22(59-14-12-24(13-15-59)34-31(47)19-29-36(56-58(3)38(29)35(34)48)27-7-9-33(61)53-42(27)62)23-10-16-60(17-11-23)44-51-20-30(46)41(55-44)52-26-6-8-32-28(18-26)37-39(43(63)57(32)2)64-21-45(49,50)40(54-37)25-4-5-25/h6,8,18-20,22-25,27,40,54H,4-5,7,9-17,21H2,1-3H3,(H,51,52,55)(H,53,61,62)/t22-,27?,40+/m1/s1. The average Bonchev–Trinajstić information content (AvgIpc) is 4.08. The lowest BCUT2D eigenvalue weighted by Gasteiger charge is -2.42. The Hall–Kier alpha value is -5.49. The minimum absolute atomic E-state index is 0.0607. The van der Waals surface area contributed by atoms with Gasteiger partial charge in [-0.15, -0.1) is 0 Å². The fourth-order valence-corrected chi connectivity index (χ4v) is 10.6. The first-order chi connectivity index (χ1) is 30.7. The lowest BCUT2D eigenvalue weighted by atomic mass is 9.84. The largest absolute Gasteiger partial charge is 0.480 e. The number of nitrogens with one attached hydrogen (secondary N) is 3. The molecule has 0 radical (unpaired) electrons. The fourth-order valence-electron chi connectivity index (χ4n) is 10.5. The number of halogens is 5. The summed E-state index contributed by atoms with van der Waals surface area (Å²) in [4.78, 5) is 51.5. The summed E-state index contributed by atoms with van der Waals surface area (Å²) in [5, 5.41) is 14.1. The number of benzene rings is 2. The summed E-state index contributed by atoms with van der Waals surface area (Å²) >= 11 is 6.63. The molecule has 14 nitrogen and oxygen atoms in total. The van der Waals surface area contributed by atoms with Crippen molar-refractivity contribution < 1.29 is 31.9 Å². The maximum absolute atomic E-state index is 16.3. The van der Waals surface area contributed by atoms with E-state index in [4.69, 9.17) is 21.3 Å². The molecule has 5 aliphatic rings. The van der Waals surface area contributed by atoms with E-state index in [0.29, 0.717) is 91.2 Å². The van der Waals surface area contributed by atoms with Crippen LogP contribution in [-0.4, -0.2) is 91.8 Å². The van der Waals surface area contributed by atoms with Gasteiger partial charge in [-0.25, -0.2) is 22.5 Å². The summed E-state index contributed by atoms with van der Waals surface area (Å²) < 4.78 is 70.8. The highest BCUT2D eigenvalue weighted by Gasteiger charge is 2.51. The monoisotopic (exact) mass is 904 g/mol. The zero-order chi connectivity index (χ0) is 44.8. The molecule has 3 saturated heterocycles. The number of nitrogens with zero attached hydrogens (tertiary/aromatic N) is 7. The van der Waals surface area contributed by atoms with Crippen LogP contribution in [0.4, 0.5) is 40.7 Å². The molecule has 1 aliphatic carbocycles. The highest BCUT2D eigenvalue weighted by Crippen LogP contribution is 2.46. The van der Waals surface area contributed by atoms with Crippen molar-refractivity contribution >= 4 is 68.4 Å². The third-order valence-corrected chi connectivity index (χ3v) is 14.6. The number of pyridine rings is 1. The van der Waals surface area contributed by atoms with Crippen molar-refractivity contribution in [3.8, 4) is 5.75 Å². The first kappa shape index (κ1) is 42.5. The molecule has 19 heteroatoms. The molecule has 10 rings (SSSR count). The number of imide groups is 1. The molecule has 0 bridgehead atoms. The van der Waals surface area contributed by atoms with Gasteiger partial charge in [-0.2, -0.15) is 10.1 Å². The minimum Gasteiger partial charge on any atom is -0.480 e. The number of carbonyl (C=O) groups is 2. The van der Waals surface area contributed by atoms with Gasteiger partial charge in [0.25, 0.3) is 5.56 Å². The Balaban J connectivity index is 0.790. The number of hydrogen-bond donors (Lipinski definition) is 3. The lowest BCUT2D eigenvalue weighted by Crippen LogP contribution is -2.47. The summed E-state index contributed by atoms with van der Waals surface area (Å²) in [6.07, 6.45) is 6.24. The number of aromatic nitrogens is 5. The summed E-state index contributed by atoms with van der Waals surface area (Å²) in [6.45, 7) is 4.15. The van der Waals surface area contributed by atoms with Crippen LogP contribution in [0.5, 0.6) is 5.75 Å². The van der Waals surface area contributed by atoms with Gasteiger partial charge in [0.1, 0.15) is 16.4 Å². The van der Waals surface area contributed by atoms with Crippen molar-refractivity contribution in [3.05, 3.63) is 68.7 Å². The zero-order valence-corrected chi connectivity index (χ0v) is 36.5. The van der Waals surface area contributed by atoms with E-state index in [2.05, 4.69) is 42.8 Å². The van der Waals surface area contributed by atoms with Crippen LogP contribution in [0.3, 0.4) is 0 Å². The third-order valence-electron chi connectivity index (χ3n) is 14.3. The van der Waals surface area contributed by atoms with Crippen LogP contribution < -0.4 is 31.1 Å². The van der Waals surface area contributed by atoms with Gasteiger partial charge in [-0.1, -0.05) is 11.6 Å². The van der Waals surface area contributed by atoms with Crippen LogP contribution in [-0.2, 0) is 23.7 Å². The Labute approximate surface area is 370 Å². The van der Waals surface area contributed by atoms with Gasteiger partial charge in [0.2, 0.25) is 23.5 Å². The van der Waals surface area contributed by atoms with E-state index in [1.807, 2.05) is 0 Å². The number of fused-ring (bicyclic) bond motifs is 4. The van der Waals surface area contributed by atoms with Gasteiger partial charge in [-0.05, 0) is 107 Å². The molecule has 1 saturated carbocycles. The number of rotatable bonds is 8. The molecule has 0 spiro atoms. The Morgan fingerprint density at radius 3 is 2.44 bits per heavy atom. The van der Waals surface area contributed by atoms with Gasteiger partial charge in [0.15, 0.2) is 18.2 Å². The van der Waals surface area contributed by atoms with Crippen LogP contribution in [0.1, 0.15) is 81.4 Å². The van der Waals surface area contributed by atoms with E-state index in [9.17, 15) is 14.4 Å². The smallest absolute Gasteiger partial charge is 0.301 e. The van der Waals surface area contributed by atoms with E-state index in [1.165, 1.54) is 15.3 Å². The molecule has 64 heavy (non-hydrogen) atoms. The summed E-state index contributed by atoms with van der Waals surface area (Å²) in [5.41, 5.74) is 1.39. The first-order valence-electron chi connectivity index (χ1n) is 22.1. The molecule has 5 aromatic rings. The number of amides is 2. The average molecular weight is 905 g/mol. The Kier molecular flexibility index (Phi) is 10.7. The van der Waals surface area contributed by atoms with Gasteiger partial charge >= 0.3 is 5.92 Å². The lowest BCUT2D eigenvalue weighted by molar-refractivity contribution is -0.134. The van der Waals surface area contributed by atoms with Gasteiger partial charge < -0.3 is 29.7 Å². The Morgan fingerprint density at radius 1 is 0.969 bits per heavy atom. The first-order valence-corrected chi connectivity index (χ1v) is 22.4. The Morgan fingerprint density at radius 2 is 1.72 bits per heavy atom. The molecule has 3 N–H and O–H groups in total. The SMILES string of the molecule is C[C@H](C1CCN(c2ncc(Cl)c(Nc3ccc4c(c3)c3c(c(=O)n4C)OCC(F)(F)[C@H](C4CC4)N3)n2)CC1)N1CCC(c2c(F)cc3c(C4CCC(=O)NC4=O)nn(C)c3c2F)CC1. The van der Waals surface area contributed by atoms with Gasteiger partial charge in [-0.3, -0.25) is 24.4 Å². The maximum Gasteiger partial charge on any atom is 0.301 e. The van der Waals surface area contributed by atoms with Crippen molar-refractivity contribution in [2.24, 2.45) is 25.9 Å². The zero-order valence-electron chi connectivity index (χ0n) is 35.7. The molecule has 2 amide bonds. The second kappa shape index (κ2) is 16.2. The summed E-state index contributed by atoms with van der Waals surface area (Å²) in [5.74, 6) is -5.46. The molecule has 2 aromatic carbocycles. The predicted octanol–water partition coefficient (Wildman–Crippen LogP) is 7.11. The number of carbonyl (C=O) groups excluding carboxylic acids is 2. The van der Waals surface area contributed by atoms with Crippen LogP contribution in [0, 0.1) is 23.5 Å². The van der Waals surface area contributed by atoms with E-state index in [0.717, 1.165) is 12.8 Å². The van der Waals surface area contributed by atoms with Gasteiger partial charge in [0.05, 0.1) is 35.1 Å². The molecule has 7 heterocycles. The fraction of sp³-hybridized carbons (Fsp3) is 0.511. The molecule has 3 atom stereocenters. The van der Waals surface area contributed by atoms with Crippen LogP contribution >= 0.6 is 11.6 Å². The molecule has 3 aromatic heterocycles. The van der Waals surface area contributed by atoms with E-state index < -0.39 is 47.6 Å². The number of hydrogen-bond acceptors (Lipinski definition) is 11. The highest BCUT2D eigenvalue weighted by atomic mass is 35.5. The number of alkyl halides is 2. The Bertz CT molecular complexity index is 2760. The number of anilines is 4. The molecular weight excluding hydrogens is 856 g/mol. The number of piperidine rings is 3. The molecular formula is C45H49ClF4N10O4. The van der Waals surface area contributed by atoms with Crippen molar-refractivity contribution in [1.29, 1.82) is 0 Å². The summed E-state index contributed by atoms with van der Waals surface area (Å²) in [7, 11) is 3.17. The normalized spacial score (nSPS) is 22.8. The van der Waals surface area contributed by atoms with Crippen molar-refractivity contribution in [1.82, 2.24) is 34.5 Å². The number of ether oxygens (including phenoxy) is 1. The molecule has 1 unspecified atom stereocenters. The maximum atomic E-state index is 16.3. The minimum atomic E-state index is -3.15. The predicted molar refractivity (Wildman–Crippen MR) is 234 cm³/mol. The van der Waals surface area contributed by atoms with Crippen molar-refractivity contribution in [2.75, 3.05) is 48.3 Å². The number of aryl methyl sites for hydroxylation is 2. The van der Waals surface area contributed by atoms with Gasteiger partial charge in [0, 0.05) is 61.7 Å². The van der Waals surface area contributed by atoms with Crippen LogP contribution in [0.2, 0.25) is 5.02 Å². The van der Waals surface area contributed by atoms with Crippen molar-refractivity contribution in [2.45, 2.75) is 88.1 Å². The van der Waals surface area contributed by atoms with Crippen LogP contribution in [0.25, 0.3) is 21.8 Å². The molecule has 4 aliphatic heterocycles. The summed E-state index contributed by atoms with van der Waals surface area (Å²) in [6, 6.07) is 5.70. The third kappa shape index (κ3) is 7.49. The molecule has 338 valence electrons. The van der Waals surface area contributed by atoms with Crippen LogP contribution in [0.15, 0.2) is 35.3 Å². The van der Waals surface area contributed by atoms with Crippen molar-refractivity contribution in [3.63, 3.8) is 0 Å². The molecule has 4 fully saturated rings. The highest BCUT2D eigenvalue weighted by molar-refractivity contribution is 6.33. The second-order valence-electron chi connectivity index (χ2n) is 18.2. The quantitative estimate of drug-likeness (QED) is 0.108. The van der Waals surface area contributed by atoms with E-state index in [1.54, 1.807) is 38.5 Å². The number of likely N-dealkylation sites (tertiary alicyclic amines) is 1. The topological polar surface area (TPSA) is 152 Å². The second-order valence-corrected chi connectivity index (χ2v) is 18.6. The van der Waals surface area contributed by atoms with E-state index >= 15 is 17.6 Å². The van der Waals surface area contributed by atoms with E-state index in [-0.39, 0.29) is 70.2 Å².